The molecular formula is C15H22N2O2. The Morgan fingerprint density at radius 1 is 1.42 bits per heavy atom. The maximum atomic E-state index is 12.2. The molecule has 0 radical (unpaired) electrons. The van der Waals surface area contributed by atoms with Gasteiger partial charge in [0, 0.05) is 13.1 Å². The molecule has 2 rings (SSSR count). The molecule has 0 bridgehead atoms. The normalized spacial score (nSPS) is 22.6. The van der Waals surface area contributed by atoms with Gasteiger partial charge in [-0.25, -0.2) is 0 Å². The molecule has 1 saturated heterocycles. The first kappa shape index (κ1) is 13.9. The second-order valence-corrected chi connectivity index (χ2v) is 5.45. The molecule has 1 aromatic carbocycles. The Morgan fingerprint density at radius 3 is 2.74 bits per heavy atom. The van der Waals surface area contributed by atoms with Crippen molar-refractivity contribution in [2.24, 2.45) is 5.73 Å². The first-order chi connectivity index (χ1) is 9.05. The van der Waals surface area contributed by atoms with E-state index in [1.165, 1.54) is 5.56 Å². The predicted molar refractivity (Wildman–Crippen MR) is 75.1 cm³/mol. The van der Waals surface area contributed by atoms with Gasteiger partial charge in [0.15, 0.2) is 6.61 Å². The van der Waals surface area contributed by atoms with Crippen LogP contribution in [0.2, 0.25) is 0 Å². The van der Waals surface area contributed by atoms with Crippen LogP contribution in [0.4, 0.5) is 0 Å². The van der Waals surface area contributed by atoms with Crippen molar-refractivity contribution in [2.75, 3.05) is 19.7 Å². The van der Waals surface area contributed by atoms with Crippen molar-refractivity contribution < 1.29 is 9.53 Å². The number of ether oxygens (including phenoxy) is 1. The Hall–Kier alpha value is -1.55. The second-order valence-electron chi connectivity index (χ2n) is 5.45. The third kappa shape index (κ3) is 3.07. The van der Waals surface area contributed by atoms with Crippen molar-refractivity contribution in [3.63, 3.8) is 0 Å². The Balaban J connectivity index is 1.92. The van der Waals surface area contributed by atoms with Crippen molar-refractivity contribution in [3.8, 4) is 5.75 Å². The molecule has 4 nitrogen and oxygen atoms in total. The summed E-state index contributed by atoms with van der Waals surface area (Å²) >= 11 is 0. The molecule has 1 amide bonds. The first-order valence-corrected chi connectivity index (χ1v) is 6.75. The third-order valence-corrected chi connectivity index (χ3v) is 3.87. The number of benzene rings is 1. The summed E-state index contributed by atoms with van der Waals surface area (Å²) in [5.41, 5.74) is 6.76. The number of carbonyl (C=O) groups is 1. The van der Waals surface area contributed by atoms with E-state index in [1.807, 2.05) is 43.0 Å². The largest absolute Gasteiger partial charge is 0.484 e. The summed E-state index contributed by atoms with van der Waals surface area (Å²) in [6, 6.07) is 7.71. The molecule has 0 aliphatic carbocycles. The molecular weight excluding hydrogens is 240 g/mol. The summed E-state index contributed by atoms with van der Waals surface area (Å²) in [6.45, 7) is 5.43. The number of aryl methyl sites for hydroxylation is 1. The molecule has 1 atom stereocenters. The average molecular weight is 262 g/mol. The Morgan fingerprint density at radius 2 is 2.11 bits per heavy atom. The lowest BCUT2D eigenvalue weighted by molar-refractivity contribution is -0.136. The van der Waals surface area contributed by atoms with Gasteiger partial charge in [0.2, 0.25) is 0 Å². The van der Waals surface area contributed by atoms with Crippen LogP contribution in [0.15, 0.2) is 24.3 Å². The minimum Gasteiger partial charge on any atom is -0.484 e. The lowest BCUT2D eigenvalue weighted by atomic mass is 9.99. The second kappa shape index (κ2) is 5.61. The van der Waals surface area contributed by atoms with Gasteiger partial charge in [-0.15, -0.1) is 0 Å². The Kier molecular flexibility index (Phi) is 4.10. The number of likely N-dealkylation sites (tertiary alicyclic amines) is 1. The molecule has 0 saturated carbocycles. The van der Waals surface area contributed by atoms with E-state index in [0.29, 0.717) is 6.54 Å². The van der Waals surface area contributed by atoms with Crippen molar-refractivity contribution >= 4 is 5.91 Å². The van der Waals surface area contributed by atoms with Crippen molar-refractivity contribution in [2.45, 2.75) is 32.2 Å². The van der Waals surface area contributed by atoms with Crippen molar-refractivity contribution in [1.29, 1.82) is 0 Å². The summed E-state index contributed by atoms with van der Waals surface area (Å²) in [5.74, 6) is 0.749. The fraction of sp³-hybridized carbons (Fsp3) is 0.533. The van der Waals surface area contributed by atoms with Gasteiger partial charge in [-0.3, -0.25) is 4.79 Å². The summed E-state index contributed by atoms with van der Waals surface area (Å²) < 4.78 is 5.54. The molecule has 0 spiro atoms. The average Bonchev–Trinajstić information content (AvgIpc) is 2.81. The van der Waals surface area contributed by atoms with E-state index in [1.54, 1.807) is 0 Å². The molecule has 19 heavy (non-hydrogen) atoms. The third-order valence-electron chi connectivity index (χ3n) is 3.87. The SMILES string of the molecule is Cc1ccc(OCC(=O)N2CCCC2(C)CN)cc1. The predicted octanol–water partition coefficient (Wildman–Crippen LogP) is 1.71. The minimum atomic E-state index is -0.201. The molecule has 104 valence electrons. The fourth-order valence-electron chi connectivity index (χ4n) is 2.52. The van der Waals surface area contributed by atoms with Gasteiger partial charge in [0.25, 0.3) is 5.91 Å². The monoisotopic (exact) mass is 262 g/mol. The zero-order valence-electron chi connectivity index (χ0n) is 11.7. The maximum absolute atomic E-state index is 12.2. The van der Waals surface area contributed by atoms with E-state index in [9.17, 15) is 4.79 Å². The highest BCUT2D eigenvalue weighted by atomic mass is 16.5. The van der Waals surface area contributed by atoms with Crippen LogP contribution < -0.4 is 10.5 Å². The highest BCUT2D eigenvalue weighted by Gasteiger charge is 2.38. The van der Waals surface area contributed by atoms with Gasteiger partial charge in [-0.05, 0) is 38.8 Å². The standard InChI is InChI=1S/C15H22N2O2/c1-12-4-6-13(7-5-12)19-10-14(18)17-9-3-8-15(17,2)11-16/h4-7H,3,8-11,16H2,1-2H3. The lowest BCUT2D eigenvalue weighted by Gasteiger charge is -2.34. The van der Waals surface area contributed by atoms with Gasteiger partial charge >= 0.3 is 0 Å². The molecule has 1 aliphatic rings. The molecule has 1 heterocycles. The van der Waals surface area contributed by atoms with Gasteiger partial charge in [0.05, 0.1) is 5.54 Å². The number of rotatable bonds is 4. The highest BCUT2D eigenvalue weighted by molar-refractivity contribution is 5.79. The molecule has 1 fully saturated rings. The van der Waals surface area contributed by atoms with Crippen LogP contribution in [-0.4, -0.2) is 36.0 Å². The Bertz CT molecular complexity index is 444. The molecule has 2 N–H and O–H groups in total. The van der Waals surface area contributed by atoms with Crippen LogP contribution >= 0.6 is 0 Å². The smallest absolute Gasteiger partial charge is 0.261 e. The van der Waals surface area contributed by atoms with Gasteiger partial charge in [0.1, 0.15) is 5.75 Å². The summed E-state index contributed by atoms with van der Waals surface area (Å²) in [4.78, 5) is 14.1. The number of hydrogen-bond acceptors (Lipinski definition) is 3. The minimum absolute atomic E-state index is 0.0195. The van der Waals surface area contributed by atoms with Crippen molar-refractivity contribution in [3.05, 3.63) is 29.8 Å². The Labute approximate surface area is 114 Å². The molecule has 4 heteroatoms. The summed E-state index contributed by atoms with van der Waals surface area (Å²) in [7, 11) is 0. The summed E-state index contributed by atoms with van der Waals surface area (Å²) in [5, 5.41) is 0. The zero-order valence-corrected chi connectivity index (χ0v) is 11.7. The van der Waals surface area contributed by atoms with Crippen LogP contribution in [-0.2, 0) is 4.79 Å². The molecule has 1 aromatic rings. The molecule has 1 aliphatic heterocycles. The van der Waals surface area contributed by atoms with Gasteiger partial charge in [-0.2, -0.15) is 0 Å². The number of nitrogens with zero attached hydrogens (tertiary/aromatic N) is 1. The number of nitrogens with two attached hydrogens (primary N) is 1. The van der Waals surface area contributed by atoms with Crippen LogP contribution in [0.3, 0.4) is 0 Å². The number of carbonyl (C=O) groups excluding carboxylic acids is 1. The lowest BCUT2D eigenvalue weighted by Crippen LogP contribution is -2.51. The molecule has 0 aromatic heterocycles. The van der Waals surface area contributed by atoms with Crippen LogP contribution in [0.5, 0.6) is 5.75 Å². The first-order valence-electron chi connectivity index (χ1n) is 6.75. The van der Waals surface area contributed by atoms with E-state index in [0.717, 1.165) is 25.1 Å². The van der Waals surface area contributed by atoms with E-state index in [2.05, 4.69) is 0 Å². The quantitative estimate of drug-likeness (QED) is 0.898. The van der Waals surface area contributed by atoms with Gasteiger partial charge < -0.3 is 15.4 Å². The van der Waals surface area contributed by atoms with E-state index < -0.39 is 0 Å². The van der Waals surface area contributed by atoms with Crippen LogP contribution in [0, 0.1) is 6.92 Å². The van der Waals surface area contributed by atoms with Crippen molar-refractivity contribution in [1.82, 2.24) is 4.90 Å². The zero-order chi connectivity index (χ0) is 13.9. The topological polar surface area (TPSA) is 55.6 Å². The number of hydrogen-bond donors (Lipinski definition) is 1. The van der Waals surface area contributed by atoms with Gasteiger partial charge in [-0.1, -0.05) is 17.7 Å². The summed E-state index contributed by atoms with van der Waals surface area (Å²) in [6.07, 6.45) is 1.99. The fourth-order valence-corrected chi connectivity index (χ4v) is 2.52. The van der Waals surface area contributed by atoms with E-state index in [4.69, 9.17) is 10.5 Å². The molecule has 1 unspecified atom stereocenters. The maximum Gasteiger partial charge on any atom is 0.261 e. The van der Waals surface area contributed by atoms with Crippen LogP contribution in [0.1, 0.15) is 25.3 Å². The van der Waals surface area contributed by atoms with E-state index >= 15 is 0 Å². The highest BCUT2D eigenvalue weighted by Crippen LogP contribution is 2.27. The van der Waals surface area contributed by atoms with Crippen LogP contribution in [0.25, 0.3) is 0 Å². The number of amides is 1. The van der Waals surface area contributed by atoms with E-state index in [-0.39, 0.29) is 18.1 Å².